The lowest BCUT2D eigenvalue weighted by molar-refractivity contribution is 0.102. The molecule has 0 atom stereocenters. The number of amides is 1. The summed E-state index contributed by atoms with van der Waals surface area (Å²) in [4.78, 5) is 20.3. The maximum atomic E-state index is 12.4. The van der Waals surface area contributed by atoms with E-state index in [1.165, 1.54) is 24.6 Å². The van der Waals surface area contributed by atoms with Gasteiger partial charge in [0, 0.05) is 13.2 Å². The highest BCUT2D eigenvalue weighted by Crippen LogP contribution is 2.54. The smallest absolute Gasteiger partial charge is 0.261 e. The summed E-state index contributed by atoms with van der Waals surface area (Å²) in [5, 5.41) is 6.86. The number of benzene rings is 1. The van der Waals surface area contributed by atoms with Crippen molar-refractivity contribution in [3.05, 3.63) is 35.7 Å². The van der Waals surface area contributed by atoms with Gasteiger partial charge in [-0.2, -0.15) is 5.10 Å². The Bertz CT molecular complexity index is 968. The molecule has 0 unspecified atom stereocenters. The van der Waals surface area contributed by atoms with Crippen molar-refractivity contribution in [2.75, 3.05) is 12.4 Å². The first-order valence-electron chi connectivity index (χ1n) is 8.93. The van der Waals surface area contributed by atoms with Crippen LogP contribution in [-0.2, 0) is 12.5 Å². The van der Waals surface area contributed by atoms with Crippen molar-refractivity contribution >= 4 is 22.9 Å². The van der Waals surface area contributed by atoms with Crippen molar-refractivity contribution < 1.29 is 9.53 Å². The molecular weight excluding hydrogens is 330 g/mol. The van der Waals surface area contributed by atoms with E-state index in [4.69, 9.17) is 4.74 Å². The topological polar surface area (TPSA) is 84.8 Å². The van der Waals surface area contributed by atoms with E-state index in [1.807, 2.05) is 6.07 Å². The molecule has 1 fully saturated rings. The molecule has 2 heterocycles. The van der Waals surface area contributed by atoms with Crippen LogP contribution < -0.4 is 10.1 Å². The van der Waals surface area contributed by atoms with Gasteiger partial charge in [0.05, 0.1) is 24.4 Å². The maximum absolute atomic E-state index is 12.4. The third-order valence-electron chi connectivity index (χ3n) is 5.18. The highest BCUT2D eigenvalue weighted by molar-refractivity contribution is 6.04. The van der Waals surface area contributed by atoms with Crippen LogP contribution in [-0.4, -0.2) is 32.8 Å². The highest BCUT2D eigenvalue weighted by Gasteiger charge is 2.44. The van der Waals surface area contributed by atoms with Gasteiger partial charge < -0.3 is 9.72 Å². The predicted octanol–water partition coefficient (Wildman–Crippen LogP) is 3.39. The van der Waals surface area contributed by atoms with Gasteiger partial charge in [-0.1, -0.05) is 19.4 Å². The van der Waals surface area contributed by atoms with Gasteiger partial charge in [-0.05, 0) is 36.3 Å². The van der Waals surface area contributed by atoms with E-state index in [-0.39, 0.29) is 11.3 Å². The number of nitrogens with one attached hydrogen (secondary N) is 2. The van der Waals surface area contributed by atoms with Crippen LogP contribution in [0.15, 0.2) is 24.5 Å². The lowest BCUT2D eigenvalue weighted by atomic mass is 9.90. The number of nitrogens with zero attached hydrogens (tertiary/aromatic N) is 3. The Hall–Kier alpha value is -2.83. The molecule has 1 aromatic carbocycles. The van der Waals surface area contributed by atoms with E-state index >= 15 is 0 Å². The molecule has 1 aliphatic rings. The molecule has 26 heavy (non-hydrogen) atoms. The molecule has 3 aromatic rings. The summed E-state index contributed by atoms with van der Waals surface area (Å²) in [5.74, 6) is 0.907. The standard InChI is InChI=1S/C19H23N5O2/c1-4-7-19(8-9-19)13-5-6-14(26-3)16-15(13)21-18(22-16)23-17(25)12-10-20-24(2)11-12/h5-6,10-11H,4,7-9H2,1-3H3,(H2,21,22,23,25). The number of carbonyl (C=O) groups excluding carboxylic acids is 1. The second-order valence-electron chi connectivity index (χ2n) is 7.01. The Labute approximate surface area is 151 Å². The number of imidazole rings is 1. The van der Waals surface area contributed by atoms with Crippen LogP contribution in [0.4, 0.5) is 5.95 Å². The molecule has 1 amide bonds. The highest BCUT2D eigenvalue weighted by atomic mass is 16.5. The number of methoxy groups -OCH3 is 1. The Morgan fingerprint density at radius 1 is 1.42 bits per heavy atom. The molecule has 2 N–H and O–H groups in total. The Morgan fingerprint density at radius 3 is 2.85 bits per heavy atom. The number of aromatic nitrogens is 4. The molecule has 136 valence electrons. The first kappa shape index (κ1) is 16.6. The Kier molecular flexibility index (Phi) is 3.94. The van der Waals surface area contributed by atoms with Gasteiger partial charge in [0.15, 0.2) is 0 Å². The average molecular weight is 353 g/mol. The molecule has 0 saturated heterocycles. The summed E-state index contributed by atoms with van der Waals surface area (Å²) >= 11 is 0. The van der Waals surface area contributed by atoms with Gasteiger partial charge in [-0.15, -0.1) is 0 Å². The molecule has 7 nitrogen and oxygen atoms in total. The van der Waals surface area contributed by atoms with Gasteiger partial charge in [-0.25, -0.2) is 4.98 Å². The number of fused-ring (bicyclic) bond motifs is 1. The minimum absolute atomic E-state index is 0.221. The van der Waals surface area contributed by atoms with Crippen LogP contribution in [0.3, 0.4) is 0 Å². The Balaban J connectivity index is 1.72. The molecule has 0 aliphatic heterocycles. The van der Waals surface area contributed by atoms with Crippen molar-refractivity contribution in [3.8, 4) is 5.75 Å². The predicted molar refractivity (Wildman–Crippen MR) is 99.6 cm³/mol. The molecule has 4 rings (SSSR count). The summed E-state index contributed by atoms with van der Waals surface area (Å²) in [7, 11) is 3.42. The quantitative estimate of drug-likeness (QED) is 0.711. The zero-order valence-corrected chi connectivity index (χ0v) is 15.3. The zero-order chi connectivity index (χ0) is 18.3. The van der Waals surface area contributed by atoms with Crippen LogP contribution in [0.2, 0.25) is 0 Å². The number of rotatable bonds is 6. The third kappa shape index (κ3) is 2.73. The monoisotopic (exact) mass is 353 g/mol. The van der Waals surface area contributed by atoms with Gasteiger partial charge in [0.1, 0.15) is 11.3 Å². The summed E-state index contributed by atoms with van der Waals surface area (Å²) < 4.78 is 7.08. The normalized spacial score (nSPS) is 15.2. The van der Waals surface area contributed by atoms with Gasteiger partial charge in [-0.3, -0.25) is 14.8 Å². The number of carbonyl (C=O) groups is 1. The third-order valence-corrected chi connectivity index (χ3v) is 5.18. The van der Waals surface area contributed by atoms with Gasteiger partial charge >= 0.3 is 0 Å². The zero-order valence-electron chi connectivity index (χ0n) is 15.3. The molecule has 1 saturated carbocycles. The van der Waals surface area contributed by atoms with Crippen molar-refractivity contribution in [2.45, 2.75) is 38.0 Å². The minimum atomic E-state index is -0.243. The number of aryl methyl sites for hydroxylation is 1. The van der Waals surface area contributed by atoms with E-state index in [9.17, 15) is 4.79 Å². The summed E-state index contributed by atoms with van der Waals surface area (Å²) in [6, 6.07) is 4.11. The summed E-state index contributed by atoms with van der Waals surface area (Å²) in [6.07, 6.45) is 7.87. The fraction of sp³-hybridized carbons (Fsp3) is 0.421. The van der Waals surface area contributed by atoms with E-state index in [1.54, 1.807) is 25.0 Å². The van der Waals surface area contributed by atoms with E-state index in [0.717, 1.165) is 29.6 Å². The lowest BCUT2D eigenvalue weighted by Gasteiger charge is -2.15. The molecule has 0 radical (unpaired) electrons. The van der Waals surface area contributed by atoms with E-state index < -0.39 is 0 Å². The summed E-state index contributed by atoms with van der Waals surface area (Å²) in [5.41, 5.74) is 3.67. The number of aromatic amines is 1. The second kappa shape index (κ2) is 6.16. The van der Waals surface area contributed by atoms with Gasteiger partial charge in [0.25, 0.3) is 5.91 Å². The Morgan fingerprint density at radius 2 is 2.23 bits per heavy atom. The minimum Gasteiger partial charge on any atom is -0.494 e. The van der Waals surface area contributed by atoms with Gasteiger partial charge in [0.2, 0.25) is 5.95 Å². The number of hydrogen-bond donors (Lipinski definition) is 2. The van der Waals surface area contributed by atoms with E-state index in [0.29, 0.717) is 11.5 Å². The fourth-order valence-corrected chi connectivity index (χ4v) is 3.73. The van der Waals surface area contributed by atoms with Crippen LogP contribution in [0.25, 0.3) is 11.0 Å². The molecule has 0 bridgehead atoms. The number of H-pyrrole nitrogens is 1. The molecule has 0 spiro atoms. The SMILES string of the molecule is CCCC1(c2ccc(OC)c3[nH]c(NC(=O)c4cnn(C)c4)nc23)CC1. The first-order chi connectivity index (χ1) is 12.6. The molecular formula is C19H23N5O2. The maximum Gasteiger partial charge on any atom is 0.261 e. The molecule has 2 aromatic heterocycles. The fourth-order valence-electron chi connectivity index (χ4n) is 3.73. The number of hydrogen-bond acceptors (Lipinski definition) is 4. The van der Waals surface area contributed by atoms with E-state index in [2.05, 4.69) is 33.4 Å². The van der Waals surface area contributed by atoms with Crippen LogP contribution >= 0.6 is 0 Å². The van der Waals surface area contributed by atoms with Crippen LogP contribution in [0.1, 0.15) is 48.5 Å². The van der Waals surface area contributed by atoms with Crippen LogP contribution in [0.5, 0.6) is 5.75 Å². The largest absolute Gasteiger partial charge is 0.494 e. The average Bonchev–Trinajstić information content (AvgIpc) is 3.07. The first-order valence-corrected chi connectivity index (χ1v) is 8.93. The summed E-state index contributed by atoms with van der Waals surface area (Å²) in [6.45, 7) is 2.21. The van der Waals surface area contributed by atoms with Crippen LogP contribution in [0, 0.1) is 0 Å². The van der Waals surface area contributed by atoms with Crippen molar-refractivity contribution in [3.63, 3.8) is 0 Å². The molecule has 1 aliphatic carbocycles. The number of anilines is 1. The number of ether oxygens (including phenoxy) is 1. The molecule has 7 heteroatoms. The van der Waals surface area contributed by atoms with Crippen molar-refractivity contribution in [1.29, 1.82) is 0 Å². The second-order valence-corrected chi connectivity index (χ2v) is 7.01. The van der Waals surface area contributed by atoms with Crippen molar-refractivity contribution in [2.24, 2.45) is 7.05 Å². The van der Waals surface area contributed by atoms with Crippen molar-refractivity contribution in [1.82, 2.24) is 19.7 Å². The lowest BCUT2D eigenvalue weighted by Crippen LogP contribution is -2.12.